The summed E-state index contributed by atoms with van der Waals surface area (Å²) < 4.78 is 73.4. The van der Waals surface area contributed by atoms with Gasteiger partial charge in [-0.2, -0.15) is 18.3 Å². The number of benzene rings is 2. The fourth-order valence-electron chi connectivity index (χ4n) is 3.44. The van der Waals surface area contributed by atoms with Crippen LogP contribution in [0.25, 0.3) is 0 Å². The third-order valence-corrected chi connectivity index (χ3v) is 6.90. The number of hydrogen-bond donors (Lipinski definition) is 1. The summed E-state index contributed by atoms with van der Waals surface area (Å²) in [5.74, 6) is -0.387. The number of halogens is 3. The molecule has 0 saturated heterocycles. The maximum absolute atomic E-state index is 13.4. The number of fused-ring (bicyclic) bond motifs is 1. The fourth-order valence-corrected chi connectivity index (χ4v) is 5.05. The molecule has 0 saturated carbocycles. The van der Waals surface area contributed by atoms with Crippen molar-refractivity contribution in [3.05, 3.63) is 66.0 Å². The van der Waals surface area contributed by atoms with E-state index in [4.69, 9.17) is 4.74 Å². The number of hydrogen-bond acceptors (Lipinski definition) is 5. The Morgan fingerprint density at radius 1 is 1.15 bits per heavy atom. The minimum atomic E-state index is -4.54. The second-order valence-corrected chi connectivity index (χ2v) is 8.95. The molecule has 1 aliphatic heterocycles. The summed E-state index contributed by atoms with van der Waals surface area (Å²) in [5.41, 5.74) is -0.297. The average Bonchev–Trinajstić information content (AvgIpc) is 3.21. The Kier molecular flexibility index (Phi) is 5.78. The van der Waals surface area contributed by atoms with Gasteiger partial charge in [0, 0.05) is 18.4 Å². The molecular weight excluding hydrogens is 461 g/mol. The third-order valence-electron chi connectivity index (χ3n) is 5.05. The summed E-state index contributed by atoms with van der Waals surface area (Å²) in [6.45, 7) is 2.20. The molecule has 3 aromatic rings. The number of carbonyl (C=O) groups excluding carboxylic acids is 1. The summed E-state index contributed by atoms with van der Waals surface area (Å²) in [6.07, 6.45) is -3.05. The van der Waals surface area contributed by atoms with E-state index in [0.717, 1.165) is 28.6 Å². The molecule has 1 aliphatic rings. The van der Waals surface area contributed by atoms with Crippen LogP contribution in [0.2, 0.25) is 0 Å². The molecular formula is C21H19F3N4O4S. The van der Waals surface area contributed by atoms with Crippen molar-refractivity contribution in [2.45, 2.75) is 24.5 Å². The van der Waals surface area contributed by atoms with Gasteiger partial charge in [0.05, 0.1) is 17.8 Å². The van der Waals surface area contributed by atoms with Crippen molar-refractivity contribution in [1.29, 1.82) is 0 Å². The highest BCUT2D eigenvalue weighted by molar-refractivity contribution is 7.93. The molecule has 33 heavy (non-hydrogen) atoms. The molecule has 1 aromatic heterocycles. The van der Waals surface area contributed by atoms with Gasteiger partial charge in [0.15, 0.2) is 0 Å². The quantitative estimate of drug-likeness (QED) is 0.614. The Balaban J connectivity index is 1.66. The van der Waals surface area contributed by atoms with Crippen molar-refractivity contribution in [2.75, 3.05) is 22.8 Å². The number of ether oxygens (including phenoxy) is 1. The lowest BCUT2D eigenvalue weighted by molar-refractivity contribution is -0.137. The number of sulfonamides is 1. The molecule has 2 heterocycles. The molecule has 2 aromatic carbocycles. The van der Waals surface area contributed by atoms with Gasteiger partial charge < -0.3 is 10.1 Å². The van der Waals surface area contributed by atoms with Crippen LogP contribution in [0.1, 0.15) is 23.0 Å². The van der Waals surface area contributed by atoms with Crippen molar-refractivity contribution < 1.29 is 31.1 Å². The van der Waals surface area contributed by atoms with Gasteiger partial charge in [0.1, 0.15) is 22.9 Å². The zero-order chi connectivity index (χ0) is 23.8. The summed E-state index contributed by atoms with van der Waals surface area (Å²) >= 11 is 0. The Hall–Kier alpha value is -3.54. The number of anilines is 2. The first kappa shape index (κ1) is 22.6. The lowest BCUT2D eigenvalue weighted by Gasteiger charge is -2.22. The zero-order valence-corrected chi connectivity index (χ0v) is 18.2. The van der Waals surface area contributed by atoms with Crippen molar-refractivity contribution in [3.63, 3.8) is 0 Å². The van der Waals surface area contributed by atoms with Crippen molar-refractivity contribution in [2.24, 2.45) is 0 Å². The molecule has 4 rings (SSSR count). The van der Waals surface area contributed by atoms with Gasteiger partial charge in [-0.05, 0) is 55.5 Å². The van der Waals surface area contributed by atoms with Crippen LogP contribution in [-0.4, -0.2) is 37.3 Å². The molecule has 0 fully saturated rings. The number of rotatable bonds is 4. The second-order valence-electron chi connectivity index (χ2n) is 7.12. The van der Waals surface area contributed by atoms with E-state index in [1.54, 1.807) is 0 Å². The van der Waals surface area contributed by atoms with Crippen LogP contribution in [0.5, 0.6) is 5.75 Å². The summed E-state index contributed by atoms with van der Waals surface area (Å²) in [5, 5.41) is 6.67. The molecule has 174 valence electrons. The van der Waals surface area contributed by atoms with E-state index in [0.29, 0.717) is 12.2 Å². The van der Waals surface area contributed by atoms with Crippen LogP contribution >= 0.6 is 0 Å². The van der Waals surface area contributed by atoms with E-state index in [2.05, 4.69) is 10.4 Å². The van der Waals surface area contributed by atoms with Gasteiger partial charge in [-0.3, -0.25) is 13.8 Å². The topological polar surface area (TPSA) is 93.5 Å². The number of alkyl halides is 3. The SMILES string of the molecule is CCn1nccc1C(=O)Nc1ccc2c(c1)S(=O)(=O)N(c1ccc(C(F)(F)F)cc1)CCO2. The third kappa shape index (κ3) is 4.38. The fraction of sp³-hybridized carbons (Fsp3) is 0.238. The standard InChI is InChI=1S/C21H19F3N4O4S/c1-2-27-17(9-10-25-27)20(29)26-15-5-8-18-19(13-15)33(30,31)28(11-12-32-18)16-6-3-14(4-7-16)21(22,23)24/h3-10,13H,2,11-12H2,1H3,(H,26,29). The second kappa shape index (κ2) is 8.43. The zero-order valence-electron chi connectivity index (χ0n) is 17.3. The number of nitrogens with one attached hydrogen (secondary N) is 1. The largest absolute Gasteiger partial charge is 0.490 e. The molecule has 0 spiro atoms. The Morgan fingerprint density at radius 2 is 1.88 bits per heavy atom. The molecule has 0 atom stereocenters. The van der Waals surface area contributed by atoms with Crippen LogP contribution in [0, 0.1) is 0 Å². The molecule has 12 heteroatoms. The van der Waals surface area contributed by atoms with Crippen LogP contribution in [-0.2, 0) is 22.7 Å². The predicted octanol–water partition coefficient (Wildman–Crippen LogP) is 3.76. The molecule has 1 amide bonds. The average molecular weight is 480 g/mol. The van der Waals surface area contributed by atoms with E-state index in [1.165, 1.54) is 35.1 Å². The molecule has 1 N–H and O–H groups in total. The van der Waals surface area contributed by atoms with Gasteiger partial charge >= 0.3 is 6.18 Å². The lowest BCUT2D eigenvalue weighted by atomic mass is 10.2. The van der Waals surface area contributed by atoms with Crippen LogP contribution in [0.15, 0.2) is 59.6 Å². The number of nitrogens with zero attached hydrogens (tertiary/aromatic N) is 3. The summed E-state index contributed by atoms with van der Waals surface area (Å²) in [7, 11) is -4.19. The van der Waals surface area contributed by atoms with E-state index in [1.807, 2.05) is 6.92 Å². The first-order valence-electron chi connectivity index (χ1n) is 9.91. The van der Waals surface area contributed by atoms with Gasteiger partial charge in [-0.15, -0.1) is 0 Å². The van der Waals surface area contributed by atoms with Gasteiger partial charge in [-0.25, -0.2) is 8.42 Å². The maximum atomic E-state index is 13.4. The van der Waals surface area contributed by atoms with Crippen LogP contribution < -0.4 is 14.4 Å². The van der Waals surface area contributed by atoms with E-state index < -0.39 is 27.7 Å². The monoisotopic (exact) mass is 480 g/mol. The van der Waals surface area contributed by atoms with Crippen LogP contribution in [0.4, 0.5) is 24.5 Å². The highest BCUT2D eigenvalue weighted by Gasteiger charge is 2.34. The number of aryl methyl sites for hydroxylation is 1. The highest BCUT2D eigenvalue weighted by atomic mass is 32.2. The Labute approximate surface area is 187 Å². The lowest BCUT2D eigenvalue weighted by Crippen LogP contribution is -2.32. The highest BCUT2D eigenvalue weighted by Crippen LogP contribution is 2.36. The number of aromatic nitrogens is 2. The normalized spacial score (nSPS) is 15.3. The number of amides is 1. The minimum absolute atomic E-state index is 0.00531. The van der Waals surface area contributed by atoms with E-state index >= 15 is 0 Å². The van der Waals surface area contributed by atoms with Crippen molar-refractivity contribution in [1.82, 2.24) is 9.78 Å². The van der Waals surface area contributed by atoms with Crippen LogP contribution in [0.3, 0.4) is 0 Å². The predicted molar refractivity (Wildman–Crippen MR) is 114 cm³/mol. The van der Waals surface area contributed by atoms with Gasteiger partial charge in [-0.1, -0.05) is 0 Å². The van der Waals surface area contributed by atoms with Gasteiger partial charge in [0.25, 0.3) is 15.9 Å². The molecule has 0 aliphatic carbocycles. The molecule has 0 bridgehead atoms. The first-order chi connectivity index (χ1) is 15.6. The number of carbonyl (C=O) groups is 1. The summed E-state index contributed by atoms with van der Waals surface area (Å²) in [4.78, 5) is 12.4. The maximum Gasteiger partial charge on any atom is 0.416 e. The van der Waals surface area contributed by atoms with E-state index in [9.17, 15) is 26.4 Å². The first-order valence-corrected chi connectivity index (χ1v) is 11.4. The molecule has 8 nitrogen and oxygen atoms in total. The molecule has 0 radical (unpaired) electrons. The minimum Gasteiger partial charge on any atom is -0.490 e. The Bertz CT molecular complexity index is 1290. The smallest absolute Gasteiger partial charge is 0.416 e. The molecule has 0 unspecified atom stereocenters. The van der Waals surface area contributed by atoms with E-state index in [-0.39, 0.29) is 35.2 Å². The van der Waals surface area contributed by atoms with Crippen molar-refractivity contribution in [3.8, 4) is 5.75 Å². The Morgan fingerprint density at radius 3 is 2.55 bits per heavy atom. The van der Waals surface area contributed by atoms with Gasteiger partial charge in [0.2, 0.25) is 0 Å². The summed E-state index contributed by atoms with van der Waals surface area (Å²) in [6, 6.07) is 9.58. The van der Waals surface area contributed by atoms with Crippen molar-refractivity contribution >= 4 is 27.3 Å².